The Morgan fingerprint density at radius 2 is 1.59 bits per heavy atom. The molecule has 140 valence electrons. The van der Waals surface area contributed by atoms with Crippen molar-refractivity contribution < 1.29 is 9.66 Å². The number of hydrogen-bond acceptors (Lipinski definition) is 4. The van der Waals surface area contributed by atoms with Crippen molar-refractivity contribution in [1.82, 2.24) is 0 Å². The van der Waals surface area contributed by atoms with E-state index in [1.807, 2.05) is 0 Å². The third-order valence-corrected chi connectivity index (χ3v) is 5.84. The fourth-order valence-corrected chi connectivity index (χ4v) is 4.49. The van der Waals surface area contributed by atoms with Crippen LogP contribution in [0.25, 0.3) is 32.3 Å². The van der Waals surface area contributed by atoms with Crippen molar-refractivity contribution in [3.63, 3.8) is 0 Å². The standard InChI is InChI=1S/C24H16N2O3/c27-26(28)19-8-11-22-18(12-19)13-25(14-29-22)21-10-7-17-5-4-15-2-1-3-16-6-9-20(21)24(17)23(15)16/h1-12H,13-14H2. The summed E-state index contributed by atoms with van der Waals surface area (Å²) in [4.78, 5) is 12.9. The molecule has 5 heteroatoms. The highest BCUT2D eigenvalue weighted by Gasteiger charge is 2.22. The van der Waals surface area contributed by atoms with Gasteiger partial charge in [-0.15, -0.1) is 0 Å². The Morgan fingerprint density at radius 3 is 2.38 bits per heavy atom. The topological polar surface area (TPSA) is 55.6 Å². The number of fused-ring (bicyclic) bond motifs is 1. The van der Waals surface area contributed by atoms with Crippen molar-refractivity contribution >= 4 is 43.7 Å². The molecule has 29 heavy (non-hydrogen) atoms. The minimum Gasteiger partial charge on any atom is -0.473 e. The predicted molar refractivity (Wildman–Crippen MR) is 115 cm³/mol. The number of nitro groups is 1. The first-order valence-corrected chi connectivity index (χ1v) is 9.51. The van der Waals surface area contributed by atoms with Crippen molar-refractivity contribution in [3.05, 3.63) is 88.5 Å². The Morgan fingerprint density at radius 1 is 0.862 bits per heavy atom. The van der Waals surface area contributed by atoms with E-state index < -0.39 is 0 Å². The van der Waals surface area contributed by atoms with E-state index in [0.29, 0.717) is 19.0 Å². The molecule has 0 fully saturated rings. The van der Waals surface area contributed by atoms with Gasteiger partial charge in [-0.1, -0.05) is 48.5 Å². The van der Waals surface area contributed by atoms with Crippen LogP contribution in [0.3, 0.4) is 0 Å². The van der Waals surface area contributed by atoms with Gasteiger partial charge in [0.25, 0.3) is 5.69 Å². The number of benzene rings is 5. The van der Waals surface area contributed by atoms with Crippen LogP contribution in [0.4, 0.5) is 11.4 Å². The van der Waals surface area contributed by atoms with Gasteiger partial charge in [-0.3, -0.25) is 10.1 Å². The fourth-order valence-electron chi connectivity index (χ4n) is 4.49. The average molecular weight is 380 g/mol. The number of hydrogen-bond donors (Lipinski definition) is 0. The molecule has 0 radical (unpaired) electrons. The van der Waals surface area contributed by atoms with E-state index in [4.69, 9.17) is 4.74 Å². The quantitative estimate of drug-likeness (QED) is 0.219. The van der Waals surface area contributed by atoms with Gasteiger partial charge in [-0.25, -0.2) is 0 Å². The summed E-state index contributed by atoms with van der Waals surface area (Å²) in [5, 5.41) is 18.5. The second kappa shape index (κ2) is 5.82. The lowest BCUT2D eigenvalue weighted by Crippen LogP contribution is -2.32. The van der Waals surface area contributed by atoms with E-state index in [-0.39, 0.29) is 10.6 Å². The highest BCUT2D eigenvalue weighted by molar-refractivity contribution is 6.25. The largest absolute Gasteiger partial charge is 0.473 e. The minimum atomic E-state index is -0.366. The third-order valence-electron chi connectivity index (χ3n) is 5.84. The van der Waals surface area contributed by atoms with Crippen LogP contribution in [-0.2, 0) is 6.54 Å². The maximum Gasteiger partial charge on any atom is 0.270 e. The van der Waals surface area contributed by atoms with E-state index >= 15 is 0 Å². The summed E-state index contributed by atoms with van der Waals surface area (Å²) in [6.45, 7) is 0.982. The van der Waals surface area contributed by atoms with Crippen molar-refractivity contribution in [2.24, 2.45) is 0 Å². The first-order valence-electron chi connectivity index (χ1n) is 9.51. The minimum absolute atomic E-state index is 0.0876. The zero-order valence-electron chi connectivity index (χ0n) is 15.5. The molecule has 0 amide bonds. The molecule has 5 aromatic carbocycles. The maximum atomic E-state index is 11.2. The zero-order chi connectivity index (χ0) is 19.5. The normalized spacial score (nSPS) is 13.7. The molecular weight excluding hydrogens is 364 g/mol. The summed E-state index contributed by atoms with van der Waals surface area (Å²) in [5.74, 6) is 0.713. The van der Waals surface area contributed by atoms with Crippen LogP contribution in [0.2, 0.25) is 0 Å². The lowest BCUT2D eigenvalue weighted by Gasteiger charge is -2.31. The van der Waals surface area contributed by atoms with Gasteiger partial charge in [0.05, 0.1) is 11.5 Å². The molecule has 0 atom stereocenters. The molecule has 1 aliphatic rings. The second-order valence-electron chi connectivity index (χ2n) is 7.46. The second-order valence-corrected chi connectivity index (χ2v) is 7.46. The Kier molecular flexibility index (Phi) is 3.23. The molecule has 5 nitrogen and oxygen atoms in total. The lowest BCUT2D eigenvalue weighted by atomic mass is 9.93. The molecule has 1 heterocycles. The molecule has 5 aromatic rings. The van der Waals surface area contributed by atoms with Crippen molar-refractivity contribution in [2.75, 3.05) is 11.6 Å². The molecule has 0 saturated carbocycles. The molecule has 0 bridgehead atoms. The average Bonchev–Trinajstić information content (AvgIpc) is 2.76. The molecule has 0 aliphatic carbocycles. The summed E-state index contributed by atoms with van der Waals surface area (Å²) >= 11 is 0. The van der Waals surface area contributed by atoms with E-state index in [1.54, 1.807) is 12.1 Å². The first-order chi connectivity index (χ1) is 14.2. The van der Waals surface area contributed by atoms with E-state index in [1.165, 1.54) is 38.4 Å². The van der Waals surface area contributed by atoms with E-state index in [2.05, 4.69) is 59.5 Å². The van der Waals surface area contributed by atoms with Crippen LogP contribution < -0.4 is 9.64 Å². The predicted octanol–water partition coefficient (Wildman–Crippen LogP) is 5.85. The number of nitrogens with zero attached hydrogens (tertiary/aromatic N) is 2. The highest BCUT2D eigenvalue weighted by atomic mass is 16.6. The van der Waals surface area contributed by atoms with Gasteiger partial charge in [0.1, 0.15) is 5.75 Å². The van der Waals surface area contributed by atoms with Crippen molar-refractivity contribution in [1.29, 1.82) is 0 Å². The van der Waals surface area contributed by atoms with Crippen molar-refractivity contribution in [3.8, 4) is 5.75 Å². The van der Waals surface area contributed by atoms with Gasteiger partial charge >= 0.3 is 0 Å². The van der Waals surface area contributed by atoms with Crippen LogP contribution in [0.15, 0.2) is 72.8 Å². The summed E-state index contributed by atoms with van der Waals surface area (Å²) in [6.07, 6.45) is 0. The first kappa shape index (κ1) is 16.1. The molecule has 0 spiro atoms. The number of ether oxygens (including phenoxy) is 1. The van der Waals surface area contributed by atoms with Gasteiger partial charge in [-0.05, 0) is 39.1 Å². The third kappa shape index (κ3) is 2.34. The van der Waals surface area contributed by atoms with Crippen molar-refractivity contribution in [2.45, 2.75) is 6.54 Å². The Labute approximate surface area is 166 Å². The number of non-ortho nitro benzene ring substituents is 1. The SMILES string of the molecule is O=[N+]([O-])c1ccc2c(c1)CN(c1ccc3ccc4cccc5ccc1c3c45)CO2. The highest BCUT2D eigenvalue weighted by Crippen LogP contribution is 2.40. The lowest BCUT2D eigenvalue weighted by molar-refractivity contribution is -0.384. The summed E-state index contributed by atoms with van der Waals surface area (Å²) in [5.41, 5.74) is 1.99. The fraction of sp³-hybridized carbons (Fsp3) is 0.0833. The monoisotopic (exact) mass is 380 g/mol. The smallest absolute Gasteiger partial charge is 0.270 e. The molecule has 0 saturated heterocycles. The van der Waals surface area contributed by atoms with Crippen LogP contribution in [0.1, 0.15) is 5.56 Å². The Bertz CT molecular complexity index is 1410. The summed E-state index contributed by atoms with van der Waals surface area (Å²) < 4.78 is 5.92. The maximum absolute atomic E-state index is 11.2. The van der Waals surface area contributed by atoms with E-state index in [0.717, 1.165) is 11.3 Å². The van der Waals surface area contributed by atoms with Gasteiger partial charge < -0.3 is 9.64 Å². The number of nitro benzene ring substituents is 1. The molecule has 0 aromatic heterocycles. The number of anilines is 1. The molecule has 1 aliphatic heterocycles. The Balaban J connectivity index is 1.53. The summed E-state index contributed by atoms with van der Waals surface area (Å²) in [7, 11) is 0. The van der Waals surface area contributed by atoms with E-state index in [9.17, 15) is 10.1 Å². The molecule has 0 N–H and O–H groups in total. The van der Waals surface area contributed by atoms with Gasteiger partial charge in [-0.2, -0.15) is 0 Å². The van der Waals surface area contributed by atoms with Gasteiger partial charge in [0, 0.05) is 28.8 Å². The van der Waals surface area contributed by atoms with Crippen LogP contribution in [0.5, 0.6) is 5.75 Å². The van der Waals surface area contributed by atoms with Crippen LogP contribution in [0, 0.1) is 10.1 Å². The number of rotatable bonds is 2. The van der Waals surface area contributed by atoms with Gasteiger partial charge in [0.15, 0.2) is 6.73 Å². The molecule has 0 unspecified atom stereocenters. The molecule has 6 rings (SSSR count). The Hall–Kier alpha value is -3.86. The zero-order valence-corrected chi connectivity index (χ0v) is 15.5. The van der Waals surface area contributed by atoms with Gasteiger partial charge in [0.2, 0.25) is 0 Å². The molecular formula is C24H16N2O3. The summed E-state index contributed by atoms with van der Waals surface area (Å²) in [6, 6.07) is 24.1. The van der Waals surface area contributed by atoms with Crippen LogP contribution >= 0.6 is 0 Å². The van der Waals surface area contributed by atoms with Crippen LogP contribution in [-0.4, -0.2) is 11.7 Å².